The maximum Gasteiger partial charge on any atom is 0.325 e. The van der Waals surface area contributed by atoms with E-state index in [0.717, 1.165) is 37.7 Å². The SMILES string of the molecule is C[C@H](NC(=O)C1(c2ccc(Cl)cc2)CCCCC1)C(=O)O. The Balaban J connectivity index is 2.30. The van der Waals surface area contributed by atoms with Crippen molar-refractivity contribution in [2.45, 2.75) is 50.5 Å². The van der Waals surface area contributed by atoms with Gasteiger partial charge in [-0.3, -0.25) is 9.59 Å². The third kappa shape index (κ3) is 3.38. The van der Waals surface area contributed by atoms with Crippen molar-refractivity contribution in [3.63, 3.8) is 0 Å². The quantitative estimate of drug-likeness (QED) is 0.898. The van der Waals surface area contributed by atoms with Gasteiger partial charge in [0.05, 0.1) is 5.41 Å². The van der Waals surface area contributed by atoms with E-state index in [0.29, 0.717) is 5.02 Å². The summed E-state index contributed by atoms with van der Waals surface area (Å²) in [5.74, 6) is -1.22. The number of halogens is 1. The van der Waals surface area contributed by atoms with Gasteiger partial charge in [-0.15, -0.1) is 0 Å². The summed E-state index contributed by atoms with van der Waals surface area (Å²) in [7, 11) is 0. The Kier molecular flexibility index (Phi) is 4.88. The van der Waals surface area contributed by atoms with Crippen LogP contribution in [0.5, 0.6) is 0 Å². The molecular weight excluding hydrogens is 290 g/mol. The van der Waals surface area contributed by atoms with Crippen LogP contribution in [0.4, 0.5) is 0 Å². The molecule has 1 aromatic rings. The summed E-state index contributed by atoms with van der Waals surface area (Å²) < 4.78 is 0. The maximum atomic E-state index is 12.7. The molecule has 0 saturated heterocycles. The Morgan fingerprint density at radius 3 is 2.29 bits per heavy atom. The molecule has 0 radical (unpaired) electrons. The van der Waals surface area contributed by atoms with E-state index in [2.05, 4.69) is 5.32 Å². The molecule has 21 heavy (non-hydrogen) atoms. The number of aliphatic carboxylic acids is 1. The highest BCUT2D eigenvalue weighted by Gasteiger charge is 2.41. The Morgan fingerprint density at radius 2 is 1.76 bits per heavy atom. The van der Waals surface area contributed by atoms with Crippen LogP contribution < -0.4 is 5.32 Å². The Labute approximate surface area is 129 Å². The smallest absolute Gasteiger partial charge is 0.325 e. The average Bonchev–Trinajstić information content (AvgIpc) is 2.48. The van der Waals surface area contributed by atoms with E-state index in [1.807, 2.05) is 12.1 Å². The van der Waals surface area contributed by atoms with Crippen LogP contribution in [0, 0.1) is 0 Å². The minimum Gasteiger partial charge on any atom is -0.480 e. The number of hydrogen-bond donors (Lipinski definition) is 2. The first-order valence-corrected chi connectivity index (χ1v) is 7.63. The number of rotatable bonds is 4. The third-order valence-electron chi connectivity index (χ3n) is 4.26. The van der Waals surface area contributed by atoms with Crippen LogP contribution in [0.15, 0.2) is 24.3 Å². The number of carbonyl (C=O) groups is 2. The van der Waals surface area contributed by atoms with Gasteiger partial charge in [-0.25, -0.2) is 0 Å². The number of carboxylic acid groups (broad SMARTS) is 1. The van der Waals surface area contributed by atoms with Gasteiger partial charge in [-0.1, -0.05) is 43.0 Å². The summed E-state index contributed by atoms with van der Waals surface area (Å²) >= 11 is 5.92. The van der Waals surface area contributed by atoms with Gasteiger partial charge in [0.2, 0.25) is 5.91 Å². The van der Waals surface area contributed by atoms with Gasteiger partial charge in [0.1, 0.15) is 6.04 Å². The van der Waals surface area contributed by atoms with Crippen molar-refractivity contribution in [1.82, 2.24) is 5.32 Å². The van der Waals surface area contributed by atoms with Crippen molar-refractivity contribution in [3.8, 4) is 0 Å². The fourth-order valence-electron chi connectivity index (χ4n) is 2.97. The van der Waals surface area contributed by atoms with Gasteiger partial charge in [0.15, 0.2) is 0 Å². The van der Waals surface area contributed by atoms with Crippen LogP contribution in [0.2, 0.25) is 5.02 Å². The van der Waals surface area contributed by atoms with Gasteiger partial charge in [-0.2, -0.15) is 0 Å². The van der Waals surface area contributed by atoms with E-state index in [1.54, 1.807) is 12.1 Å². The van der Waals surface area contributed by atoms with Crippen LogP contribution in [0.1, 0.15) is 44.6 Å². The molecule has 0 heterocycles. The van der Waals surface area contributed by atoms with Crippen LogP contribution in [-0.2, 0) is 15.0 Å². The molecule has 1 aliphatic rings. The number of benzene rings is 1. The fraction of sp³-hybridized carbons (Fsp3) is 0.500. The highest BCUT2D eigenvalue weighted by Crippen LogP contribution is 2.40. The molecule has 0 aliphatic heterocycles. The summed E-state index contributed by atoms with van der Waals surface area (Å²) in [6.45, 7) is 1.48. The maximum absolute atomic E-state index is 12.7. The number of carbonyl (C=O) groups excluding carboxylic acids is 1. The first-order valence-electron chi connectivity index (χ1n) is 7.25. The minimum absolute atomic E-state index is 0.195. The molecule has 5 heteroatoms. The molecule has 2 rings (SSSR count). The lowest BCUT2D eigenvalue weighted by Gasteiger charge is -2.37. The van der Waals surface area contributed by atoms with Gasteiger partial charge < -0.3 is 10.4 Å². The second kappa shape index (κ2) is 6.48. The largest absolute Gasteiger partial charge is 0.480 e. The molecule has 1 aliphatic carbocycles. The molecule has 1 amide bonds. The molecule has 0 unspecified atom stereocenters. The van der Waals surface area contributed by atoms with E-state index < -0.39 is 17.4 Å². The van der Waals surface area contributed by atoms with E-state index in [9.17, 15) is 9.59 Å². The van der Waals surface area contributed by atoms with E-state index in [1.165, 1.54) is 6.92 Å². The molecule has 1 atom stereocenters. The summed E-state index contributed by atoms with van der Waals surface area (Å²) in [5, 5.41) is 12.2. The lowest BCUT2D eigenvalue weighted by molar-refractivity contribution is -0.142. The lowest BCUT2D eigenvalue weighted by atomic mass is 9.68. The van der Waals surface area contributed by atoms with Crippen LogP contribution in [-0.4, -0.2) is 23.0 Å². The highest BCUT2D eigenvalue weighted by molar-refractivity contribution is 6.30. The van der Waals surface area contributed by atoms with Crippen molar-refractivity contribution in [2.24, 2.45) is 0 Å². The monoisotopic (exact) mass is 309 g/mol. The third-order valence-corrected chi connectivity index (χ3v) is 4.51. The summed E-state index contributed by atoms with van der Waals surface area (Å²) in [5.41, 5.74) is 0.286. The van der Waals surface area contributed by atoms with Crippen molar-refractivity contribution >= 4 is 23.5 Å². The number of hydrogen-bond acceptors (Lipinski definition) is 2. The van der Waals surface area contributed by atoms with Crippen LogP contribution in [0.3, 0.4) is 0 Å². The normalized spacial score (nSPS) is 18.8. The fourth-order valence-corrected chi connectivity index (χ4v) is 3.09. The Hall–Kier alpha value is -1.55. The summed E-state index contributed by atoms with van der Waals surface area (Å²) in [6, 6.07) is 6.42. The topological polar surface area (TPSA) is 66.4 Å². The summed E-state index contributed by atoms with van der Waals surface area (Å²) in [6.07, 6.45) is 4.53. The summed E-state index contributed by atoms with van der Waals surface area (Å²) in [4.78, 5) is 23.7. The van der Waals surface area contributed by atoms with Crippen molar-refractivity contribution in [1.29, 1.82) is 0 Å². The number of amides is 1. The van der Waals surface area contributed by atoms with Gasteiger partial charge in [0.25, 0.3) is 0 Å². The molecule has 0 bridgehead atoms. The second-order valence-electron chi connectivity index (χ2n) is 5.68. The van der Waals surface area contributed by atoms with Gasteiger partial charge in [0, 0.05) is 5.02 Å². The minimum atomic E-state index is -1.02. The molecule has 0 spiro atoms. The van der Waals surface area contributed by atoms with Crippen molar-refractivity contribution in [3.05, 3.63) is 34.9 Å². The molecule has 1 aromatic carbocycles. The zero-order valence-corrected chi connectivity index (χ0v) is 12.8. The number of carboxylic acids is 1. The standard InChI is InChI=1S/C16H20ClNO3/c1-11(14(19)20)18-15(21)16(9-3-2-4-10-16)12-5-7-13(17)8-6-12/h5-8,11H,2-4,9-10H2,1H3,(H,18,21)(H,19,20)/t11-/m0/s1. The Bertz CT molecular complexity index is 521. The lowest BCUT2D eigenvalue weighted by Crippen LogP contribution is -2.50. The van der Waals surface area contributed by atoms with Gasteiger partial charge >= 0.3 is 5.97 Å². The molecule has 0 aromatic heterocycles. The predicted molar refractivity (Wildman–Crippen MR) is 81.5 cm³/mol. The molecule has 1 saturated carbocycles. The molecule has 114 valence electrons. The van der Waals surface area contributed by atoms with E-state index >= 15 is 0 Å². The molecule has 4 nitrogen and oxygen atoms in total. The first kappa shape index (κ1) is 15.8. The second-order valence-corrected chi connectivity index (χ2v) is 6.12. The van der Waals surface area contributed by atoms with E-state index in [4.69, 9.17) is 16.7 Å². The van der Waals surface area contributed by atoms with Gasteiger partial charge in [-0.05, 0) is 37.5 Å². The highest BCUT2D eigenvalue weighted by atomic mass is 35.5. The van der Waals surface area contributed by atoms with Crippen molar-refractivity contribution < 1.29 is 14.7 Å². The molecule has 1 fully saturated rings. The number of nitrogens with one attached hydrogen (secondary N) is 1. The zero-order chi connectivity index (χ0) is 15.5. The zero-order valence-electron chi connectivity index (χ0n) is 12.1. The predicted octanol–water partition coefficient (Wildman–Crippen LogP) is 3.13. The average molecular weight is 310 g/mol. The van der Waals surface area contributed by atoms with Crippen molar-refractivity contribution in [2.75, 3.05) is 0 Å². The Morgan fingerprint density at radius 1 is 1.19 bits per heavy atom. The van der Waals surface area contributed by atoms with Crippen LogP contribution >= 0.6 is 11.6 Å². The first-order chi connectivity index (χ1) is 9.95. The van der Waals surface area contributed by atoms with Crippen LogP contribution in [0.25, 0.3) is 0 Å². The molecular formula is C16H20ClNO3. The van der Waals surface area contributed by atoms with E-state index in [-0.39, 0.29) is 5.91 Å². The molecule has 2 N–H and O–H groups in total.